The minimum absolute atomic E-state index is 0.0646. The highest BCUT2D eigenvalue weighted by Gasteiger charge is 2.61. The summed E-state index contributed by atoms with van der Waals surface area (Å²) in [5.41, 5.74) is 2.56. The molecular formula is C25H24BrNO5. The molecule has 2 aromatic rings. The lowest BCUT2D eigenvalue weighted by atomic mass is 9.84. The van der Waals surface area contributed by atoms with Gasteiger partial charge >= 0.3 is 11.9 Å². The molecule has 0 spiro atoms. The van der Waals surface area contributed by atoms with Crippen LogP contribution in [0.15, 0.2) is 58.7 Å². The number of rotatable bonds is 3. The summed E-state index contributed by atoms with van der Waals surface area (Å²) < 4.78 is 18.1. The minimum Gasteiger partial charge on any atom is -0.458 e. The van der Waals surface area contributed by atoms with Gasteiger partial charge < -0.3 is 14.2 Å². The predicted molar refractivity (Wildman–Crippen MR) is 122 cm³/mol. The average Bonchev–Trinajstić information content (AvgIpc) is 3.37. The van der Waals surface area contributed by atoms with Crippen LogP contribution in [0.5, 0.6) is 0 Å². The molecule has 0 saturated carbocycles. The van der Waals surface area contributed by atoms with Crippen LogP contribution in [0.4, 0.5) is 0 Å². The molecule has 0 radical (unpaired) electrons. The molecular weight excluding hydrogens is 474 g/mol. The third-order valence-corrected chi connectivity index (χ3v) is 7.44. The average molecular weight is 498 g/mol. The maximum absolute atomic E-state index is 12.7. The number of hydrogen-bond acceptors (Lipinski definition) is 6. The van der Waals surface area contributed by atoms with E-state index in [0.717, 1.165) is 33.8 Å². The Labute approximate surface area is 194 Å². The number of esters is 2. The Hall–Kier alpha value is -2.51. The van der Waals surface area contributed by atoms with Crippen LogP contribution in [-0.4, -0.2) is 41.3 Å². The van der Waals surface area contributed by atoms with E-state index in [1.807, 2.05) is 12.1 Å². The number of hydrogen-bond donors (Lipinski definition) is 0. The zero-order chi connectivity index (χ0) is 22.5. The summed E-state index contributed by atoms with van der Waals surface area (Å²) in [7, 11) is 0. The molecule has 5 rings (SSSR count). The Morgan fingerprint density at radius 1 is 1.38 bits per heavy atom. The van der Waals surface area contributed by atoms with E-state index >= 15 is 0 Å². The van der Waals surface area contributed by atoms with Gasteiger partial charge in [0.25, 0.3) is 0 Å². The zero-order valence-corrected chi connectivity index (χ0v) is 19.4. The SMILES string of the molecule is C=C1C(=O)O[C@H]2[C@H]1CCC(COC(=O)c1ccc3nccc(Br)c3c1)=CCC[C@@]1(C)O[C@@H]21. The largest absolute Gasteiger partial charge is 0.458 e. The summed E-state index contributed by atoms with van der Waals surface area (Å²) in [4.78, 5) is 29.1. The Morgan fingerprint density at radius 2 is 2.22 bits per heavy atom. The van der Waals surface area contributed by atoms with Crippen LogP contribution >= 0.6 is 15.9 Å². The zero-order valence-electron chi connectivity index (χ0n) is 17.8. The van der Waals surface area contributed by atoms with E-state index in [-0.39, 0.29) is 42.3 Å². The van der Waals surface area contributed by atoms with E-state index in [4.69, 9.17) is 14.2 Å². The molecule has 2 aliphatic heterocycles. The third kappa shape index (κ3) is 3.88. The maximum atomic E-state index is 12.7. The van der Waals surface area contributed by atoms with Crippen molar-refractivity contribution in [3.8, 4) is 0 Å². The lowest BCUT2D eigenvalue weighted by molar-refractivity contribution is -0.140. The number of carbonyl (C=O) groups is 2. The molecule has 0 N–H and O–H groups in total. The molecule has 2 fully saturated rings. The highest BCUT2D eigenvalue weighted by Crippen LogP contribution is 2.49. The van der Waals surface area contributed by atoms with Gasteiger partial charge in [0.05, 0.1) is 16.7 Å². The molecule has 4 atom stereocenters. The van der Waals surface area contributed by atoms with Crippen molar-refractivity contribution in [2.75, 3.05) is 6.61 Å². The first-order valence-corrected chi connectivity index (χ1v) is 11.6. The van der Waals surface area contributed by atoms with E-state index in [1.54, 1.807) is 18.3 Å². The lowest BCUT2D eigenvalue weighted by Crippen LogP contribution is -2.29. The van der Waals surface area contributed by atoms with Gasteiger partial charge in [-0.2, -0.15) is 0 Å². The number of epoxide rings is 1. The number of aromatic nitrogens is 1. The third-order valence-electron chi connectivity index (χ3n) is 6.75. The number of fused-ring (bicyclic) bond motifs is 4. The molecule has 1 aromatic heterocycles. The van der Waals surface area contributed by atoms with Gasteiger partial charge in [-0.05, 0) is 62.4 Å². The van der Waals surface area contributed by atoms with Crippen molar-refractivity contribution in [1.82, 2.24) is 4.98 Å². The van der Waals surface area contributed by atoms with Crippen molar-refractivity contribution < 1.29 is 23.8 Å². The van der Waals surface area contributed by atoms with Crippen LogP contribution < -0.4 is 0 Å². The fourth-order valence-electron chi connectivity index (χ4n) is 4.73. The highest BCUT2D eigenvalue weighted by atomic mass is 79.9. The fraction of sp³-hybridized carbons (Fsp3) is 0.400. The van der Waals surface area contributed by atoms with Crippen LogP contribution in [-0.2, 0) is 19.0 Å². The summed E-state index contributed by atoms with van der Waals surface area (Å²) in [6, 6.07) is 7.18. The summed E-state index contributed by atoms with van der Waals surface area (Å²) in [6.07, 6.45) is 6.59. The normalized spacial score (nSPS) is 29.6. The van der Waals surface area contributed by atoms with Crippen molar-refractivity contribution in [2.24, 2.45) is 5.92 Å². The van der Waals surface area contributed by atoms with Crippen molar-refractivity contribution >= 4 is 38.8 Å². The molecule has 3 heterocycles. The summed E-state index contributed by atoms with van der Waals surface area (Å²) >= 11 is 3.50. The van der Waals surface area contributed by atoms with Gasteiger partial charge in [-0.1, -0.05) is 28.6 Å². The first-order chi connectivity index (χ1) is 15.4. The van der Waals surface area contributed by atoms with E-state index < -0.39 is 0 Å². The molecule has 3 aliphatic rings. The molecule has 2 saturated heterocycles. The van der Waals surface area contributed by atoms with E-state index in [0.29, 0.717) is 24.0 Å². The monoisotopic (exact) mass is 497 g/mol. The number of ether oxygens (including phenoxy) is 3. The van der Waals surface area contributed by atoms with Crippen LogP contribution in [0, 0.1) is 5.92 Å². The number of benzene rings is 1. The second-order valence-corrected chi connectivity index (χ2v) is 9.75. The molecule has 166 valence electrons. The van der Waals surface area contributed by atoms with Gasteiger partial charge in [-0.15, -0.1) is 0 Å². The highest BCUT2D eigenvalue weighted by molar-refractivity contribution is 9.10. The van der Waals surface area contributed by atoms with Gasteiger partial charge in [-0.25, -0.2) is 9.59 Å². The molecule has 32 heavy (non-hydrogen) atoms. The molecule has 6 nitrogen and oxygen atoms in total. The van der Waals surface area contributed by atoms with E-state index in [9.17, 15) is 9.59 Å². The molecule has 0 bridgehead atoms. The van der Waals surface area contributed by atoms with Crippen molar-refractivity contribution in [1.29, 1.82) is 0 Å². The summed E-state index contributed by atoms with van der Waals surface area (Å²) in [5, 5.41) is 0.863. The number of carbonyl (C=O) groups excluding carboxylic acids is 2. The lowest BCUT2D eigenvalue weighted by Gasteiger charge is -2.20. The van der Waals surface area contributed by atoms with Crippen molar-refractivity contribution in [3.63, 3.8) is 0 Å². The quantitative estimate of drug-likeness (QED) is 0.259. The first kappa shape index (κ1) is 21.3. The van der Waals surface area contributed by atoms with Gasteiger partial charge in [0.15, 0.2) is 0 Å². The molecule has 0 unspecified atom stereocenters. The number of nitrogens with zero attached hydrogens (tertiary/aromatic N) is 1. The minimum atomic E-state index is -0.375. The Balaban J connectivity index is 1.29. The van der Waals surface area contributed by atoms with E-state index in [1.165, 1.54) is 0 Å². The van der Waals surface area contributed by atoms with Crippen LogP contribution in [0.25, 0.3) is 10.9 Å². The van der Waals surface area contributed by atoms with Gasteiger partial charge in [0, 0.05) is 27.5 Å². The molecule has 7 heteroatoms. The smallest absolute Gasteiger partial charge is 0.338 e. The van der Waals surface area contributed by atoms with Crippen molar-refractivity contribution in [2.45, 2.75) is 50.4 Å². The van der Waals surface area contributed by atoms with Crippen LogP contribution in [0.3, 0.4) is 0 Å². The number of pyridine rings is 1. The topological polar surface area (TPSA) is 78.0 Å². The second-order valence-electron chi connectivity index (χ2n) is 8.89. The molecule has 1 aliphatic carbocycles. The van der Waals surface area contributed by atoms with Crippen molar-refractivity contribution in [3.05, 3.63) is 64.3 Å². The standard InChI is InChI=1S/C25H24BrNO5/c1-14-17-7-5-15(4-3-10-25(2)22(32-25)21(17)31-23(14)28)13-30-24(29)16-6-8-20-18(12-16)19(26)9-11-27-20/h4,6,8-9,11-12,17,21-22H,1,3,5,7,10,13H2,2H3/t17-,21-,22-,25+/m0/s1. The summed E-state index contributed by atoms with van der Waals surface area (Å²) in [5.74, 6) is -0.775. The number of allylic oxidation sites excluding steroid dienone is 1. The van der Waals surface area contributed by atoms with E-state index in [2.05, 4.69) is 40.5 Å². The molecule has 0 amide bonds. The van der Waals surface area contributed by atoms with Gasteiger partial charge in [-0.3, -0.25) is 4.98 Å². The Bertz CT molecular complexity index is 1160. The Morgan fingerprint density at radius 3 is 3.06 bits per heavy atom. The van der Waals surface area contributed by atoms with Crippen LogP contribution in [0.1, 0.15) is 43.0 Å². The Kier molecular flexibility index (Phi) is 5.42. The molecule has 1 aromatic carbocycles. The second kappa shape index (κ2) is 8.12. The first-order valence-electron chi connectivity index (χ1n) is 10.8. The van der Waals surface area contributed by atoms with Crippen LogP contribution in [0.2, 0.25) is 0 Å². The van der Waals surface area contributed by atoms with Gasteiger partial charge in [0.2, 0.25) is 0 Å². The summed E-state index contributed by atoms with van der Waals surface area (Å²) in [6.45, 7) is 6.22. The van der Waals surface area contributed by atoms with Gasteiger partial charge in [0.1, 0.15) is 18.8 Å². The number of halogens is 1. The fourth-order valence-corrected chi connectivity index (χ4v) is 5.17. The maximum Gasteiger partial charge on any atom is 0.338 e. The predicted octanol–water partition coefficient (Wildman–Crippen LogP) is 4.91.